The van der Waals surface area contributed by atoms with E-state index in [0.29, 0.717) is 12.0 Å². The van der Waals surface area contributed by atoms with Crippen molar-refractivity contribution in [2.24, 2.45) is 5.92 Å². The average molecular weight is 302 g/mol. The fraction of sp³-hybridized carbons (Fsp3) is 0.500. The second kappa shape index (κ2) is 7.19. The quantitative estimate of drug-likeness (QED) is 0.828. The van der Waals surface area contributed by atoms with E-state index in [0.717, 1.165) is 23.7 Å². The predicted molar refractivity (Wildman–Crippen MR) is 91.8 cm³/mol. The summed E-state index contributed by atoms with van der Waals surface area (Å²) in [7, 11) is 0. The number of hydrogen-bond donors (Lipinski definition) is 1. The Morgan fingerprint density at radius 3 is 2.29 bits per heavy atom. The molecule has 0 aliphatic heterocycles. The summed E-state index contributed by atoms with van der Waals surface area (Å²) < 4.78 is 0. The van der Waals surface area contributed by atoms with Crippen molar-refractivity contribution in [3.63, 3.8) is 0 Å². The highest BCUT2D eigenvalue weighted by Gasteiger charge is 2.16. The molecule has 3 heteroatoms. The van der Waals surface area contributed by atoms with E-state index in [1.54, 1.807) is 11.3 Å². The lowest BCUT2D eigenvalue weighted by Gasteiger charge is -2.23. The van der Waals surface area contributed by atoms with E-state index in [2.05, 4.69) is 69.2 Å². The minimum atomic E-state index is 0.387. The monoisotopic (exact) mass is 302 g/mol. The maximum absolute atomic E-state index is 4.51. The SMILES string of the molecule is CCc1ccc(C(NCc2sc(C)nc2C)C(C)C)cc1. The Hall–Kier alpha value is -1.19. The van der Waals surface area contributed by atoms with Gasteiger partial charge in [0.1, 0.15) is 0 Å². The molecule has 114 valence electrons. The van der Waals surface area contributed by atoms with Gasteiger partial charge in [-0.2, -0.15) is 0 Å². The van der Waals surface area contributed by atoms with Crippen molar-refractivity contribution < 1.29 is 0 Å². The molecule has 0 fully saturated rings. The zero-order valence-electron chi connectivity index (χ0n) is 13.7. The Morgan fingerprint density at radius 1 is 1.14 bits per heavy atom. The summed E-state index contributed by atoms with van der Waals surface area (Å²) in [5.74, 6) is 0.562. The molecule has 0 aliphatic rings. The third-order valence-electron chi connectivity index (χ3n) is 3.90. The molecular weight excluding hydrogens is 276 g/mol. The van der Waals surface area contributed by atoms with E-state index >= 15 is 0 Å². The summed E-state index contributed by atoms with van der Waals surface area (Å²) >= 11 is 1.80. The highest BCUT2D eigenvalue weighted by molar-refractivity contribution is 7.11. The lowest BCUT2D eigenvalue weighted by atomic mass is 9.95. The largest absolute Gasteiger partial charge is 0.305 e. The van der Waals surface area contributed by atoms with Gasteiger partial charge in [0.2, 0.25) is 0 Å². The number of nitrogens with zero attached hydrogens (tertiary/aromatic N) is 1. The highest BCUT2D eigenvalue weighted by atomic mass is 32.1. The molecule has 0 saturated carbocycles. The molecule has 2 rings (SSSR count). The fourth-order valence-corrected chi connectivity index (χ4v) is 3.53. The molecule has 2 nitrogen and oxygen atoms in total. The van der Waals surface area contributed by atoms with Crippen LogP contribution in [0.15, 0.2) is 24.3 Å². The van der Waals surface area contributed by atoms with Gasteiger partial charge in [-0.3, -0.25) is 0 Å². The zero-order valence-corrected chi connectivity index (χ0v) is 14.6. The van der Waals surface area contributed by atoms with Crippen molar-refractivity contribution in [2.75, 3.05) is 0 Å². The standard InChI is InChI=1S/C18H26N2S/c1-6-15-7-9-16(10-8-15)18(12(2)3)19-11-17-13(4)20-14(5)21-17/h7-10,12,18-19H,6,11H2,1-5H3. The van der Waals surface area contributed by atoms with Gasteiger partial charge < -0.3 is 5.32 Å². The van der Waals surface area contributed by atoms with Gasteiger partial charge in [0.25, 0.3) is 0 Å². The van der Waals surface area contributed by atoms with Gasteiger partial charge in [-0.25, -0.2) is 4.98 Å². The Balaban J connectivity index is 2.10. The van der Waals surface area contributed by atoms with Crippen molar-refractivity contribution in [1.29, 1.82) is 0 Å². The van der Waals surface area contributed by atoms with E-state index in [4.69, 9.17) is 0 Å². The maximum Gasteiger partial charge on any atom is 0.0900 e. The smallest absolute Gasteiger partial charge is 0.0900 e. The first-order valence-electron chi connectivity index (χ1n) is 7.76. The summed E-state index contributed by atoms with van der Waals surface area (Å²) in [5.41, 5.74) is 3.94. The van der Waals surface area contributed by atoms with Gasteiger partial charge in [0.05, 0.1) is 10.7 Å². The Kier molecular flexibility index (Phi) is 5.54. The number of aryl methyl sites for hydroxylation is 3. The summed E-state index contributed by atoms with van der Waals surface area (Å²) in [5, 5.41) is 4.86. The maximum atomic E-state index is 4.51. The van der Waals surface area contributed by atoms with Crippen LogP contribution in [0.1, 0.15) is 53.5 Å². The van der Waals surface area contributed by atoms with Crippen molar-refractivity contribution in [2.45, 2.75) is 53.6 Å². The molecule has 1 aromatic heterocycles. The molecular formula is C18H26N2S. The summed E-state index contributed by atoms with van der Waals surface area (Å²) in [4.78, 5) is 5.86. The molecule has 0 saturated heterocycles. The predicted octanol–water partition coefficient (Wildman–Crippen LogP) is 4.81. The van der Waals surface area contributed by atoms with Crippen LogP contribution < -0.4 is 5.32 Å². The Labute approximate surface area is 132 Å². The Morgan fingerprint density at radius 2 is 1.81 bits per heavy atom. The van der Waals surface area contributed by atoms with Crippen molar-refractivity contribution in [3.05, 3.63) is 51.0 Å². The number of thiazole rings is 1. The number of aromatic nitrogens is 1. The van der Waals surface area contributed by atoms with Gasteiger partial charge in [-0.05, 0) is 37.3 Å². The minimum Gasteiger partial charge on any atom is -0.305 e. The summed E-state index contributed by atoms with van der Waals surface area (Å²) in [6.45, 7) is 11.8. The normalized spacial score (nSPS) is 12.9. The van der Waals surface area contributed by atoms with E-state index in [1.807, 2.05) is 0 Å². The van der Waals surface area contributed by atoms with Crippen LogP contribution in [0, 0.1) is 19.8 Å². The second-order valence-electron chi connectivity index (χ2n) is 5.94. The van der Waals surface area contributed by atoms with Gasteiger partial charge >= 0.3 is 0 Å². The van der Waals surface area contributed by atoms with Crippen LogP contribution in [0.3, 0.4) is 0 Å². The van der Waals surface area contributed by atoms with Crippen LogP contribution in [0.25, 0.3) is 0 Å². The number of hydrogen-bond acceptors (Lipinski definition) is 3. The van der Waals surface area contributed by atoms with Crippen molar-refractivity contribution in [1.82, 2.24) is 10.3 Å². The van der Waals surface area contributed by atoms with Gasteiger partial charge in [-0.1, -0.05) is 45.0 Å². The first-order chi connectivity index (χ1) is 10.0. The number of nitrogens with one attached hydrogen (secondary N) is 1. The zero-order chi connectivity index (χ0) is 15.4. The van der Waals surface area contributed by atoms with E-state index in [-0.39, 0.29) is 0 Å². The molecule has 0 aliphatic carbocycles. The molecule has 1 N–H and O–H groups in total. The van der Waals surface area contributed by atoms with E-state index in [1.165, 1.54) is 16.0 Å². The van der Waals surface area contributed by atoms with E-state index in [9.17, 15) is 0 Å². The molecule has 0 spiro atoms. The number of rotatable bonds is 6. The second-order valence-corrected chi connectivity index (χ2v) is 7.23. The van der Waals surface area contributed by atoms with Crippen LogP contribution in [-0.4, -0.2) is 4.98 Å². The summed E-state index contributed by atoms with van der Waals surface area (Å²) in [6.07, 6.45) is 1.10. The molecule has 1 atom stereocenters. The molecule has 0 radical (unpaired) electrons. The third-order valence-corrected chi connectivity index (χ3v) is 4.97. The molecule has 2 aromatic rings. The van der Waals surface area contributed by atoms with Crippen molar-refractivity contribution in [3.8, 4) is 0 Å². The highest BCUT2D eigenvalue weighted by Crippen LogP contribution is 2.24. The average Bonchev–Trinajstić information content (AvgIpc) is 2.77. The van der Waals surface area contributed by atoms with Gasteiger partial charge in [0, 0.05) is 17.5 Å². The summed E-state index contributed by atoms with van der Waals surface area (Å²) in [6, 6.07) is 9.41. The van der Waals surface area contributed by atoms with Crippen LogP contribution in [0.4, 0.5) is 0 Å². The lowest BCUT2D eigenvalue weighted by Crippen LogP contribution is -2.25. The molecule has 1 heterocycles. The molecule has 1 unspecified atom stereocenters. The third kappa shape index (κ3) is 4.14. The van der Waals surface area contributed by atoms with Crippen molar-refractivity contribution >= 4 is 11.3 Å². The molecule has 0 bridgehead atoms. The Bertz CT molecular complexity index is 569. The first kappa shape index (κ1) is 16.2. The van der Waals surface area contributed by atoms with Crippen LogP contribution in [0.2, 0.25) is 0 Å². The van der Waals surface area contributed by atoms with Gasteiger partial charge in [0.15, 0.2) is 0 Å². The van der Waals surface area contributed by atoms with Gasteiger partial charge in [-0.15, -0.1) is 11.3 Å². The van der Waals surface area contributed by atoms with Crippen LogP contribution in [-0.2, 0) is 13.0 Å². The number of benzene rings is 1. The van der Waals surface area contributed by atoms with Crippen LogP contribution in [0.5, 0.6) is 0 Å². The minimum absolute atomic E-state index is 0.387. The molecule has 21 heavy (non-hydrogen) atoms. The van der Waals surface area contributed by atoms with E-state index < -0.39 is 0 Å². The molecule has 1 aromatic carbocycles. The topological polar surface area (TPSA) is 24.9 Å². The fourth-order valence-electron chi connectivity index (χ4n) is 2.64. The first-order valence-corrected chi connectivity index (χ1v) is 8.58. The molecule has 0 amide bonds. The van der Waals surface area contributed by atoms with Crippen LogP contribution >= 0.6 is 11.3 Å². The lowest BCUT2D eigenvalue weighted by molar-refractivity contribution is 0.411.